The fraction of sp³-hybridized carbons (Fsp3) is 0.188. The highest BCUT2D eigenvalue weighted by atomic mass is 127. The van der Waals surface area contributed by atoms with E-state index in [0.717, 1.165) is 17.7 Å². The molecule has 0 heterocycles. The first-order valence-electron chi connectivity index (χ1n) is 6.56. The van der Waals surface area contributed by atoms with E-state index < -0.39 is 17.6 Å². The van der Waals surface area contributed by atoms with Crippen LogP contribution in [-0.4, -0.2) is 10.9 Å². The normalized spacial score (nSPS) is 12.5. The molecule has 0 spiro atoms. The third kappa shape index (κ3) is 4.01. The van der Waals surface area contributed by atoms with Crippen LogP contribution in [-0.2, 0) is 12.6 Å². The molecule has 7 heteroatoms. The van der Waals surface area contributed by atoms with Crippen molar-refractivity contribution < 1.29 is 22.8 Å². The fourth-order valence-corrected chi connectivity index (χ4v) is 2.57. The topological polar surface area (TPSA) is 32.6 Å². The maximum absolute atomic E-state index is 14.3. The van der Waals surface area contributed by atoms with Gasteiger partial charge < -0.3 is 5.21 Å². The molecule has 122 valence electrons. The average Bonchev–Trinajstić information content (AvgIpc) is 2.50. The predicted octanol–water partition coefficient (Wildman–Crippen LogP) is 5.18. The van der Waals surface area contributed by atoms with Gasteiger partial charge in [0.1, 0.15) is 5.82 Å². The summed E-state index contributed by atoms with van der Waals surface area (Å²) in [5.41, 5.74) is 0.247. The van der Waals surface area contributed by atoms with Crippen molar-refractivity contribution in [1.82, 2.24) is 0 Å². The Morgan fingerprint density at radius 3 is 2.52 bits per heavy atom. The largest absolute Gasteiger partial charge is 0.416 e. The Morgan fingerprint density at radius 2 is 1.91 bits per heavy atom. The van der Waals surface area contributed by atoms with Crippen LogP contribution in [0.5, 0.6) is 0 Å². The quantitative estimate of drug-likeness (QED) is 0.232. The number of rotatable bonds is 3. The molecular weight excluding hydrogens is 425 g/mol. The molecule has 0 radical (unpaired) electrons. The second-order valence-corrected chi connectivity index (χ2v) is 6.06. The summed E-state index contributed by atoms with van der Waals surface area (Å²) in [5.74, 6) is -0.551. The van der Waals surface area contributed by atoms with E-state index in [9.17, 15) is 17.6 Å². The van der Waals surface area contributed by atoms with Crippen LogP contribution >= 0.6 is 22.6 Å². The van der Waals surface area contributed by atoms with E-state index in [1.165, 1.54) is 18.2 Å². The zero-order valence-corrected chi connectivity index (χ0v) is 14.1. The summed E-state index contributed by atoms with van der Waals surface area (Å²) in [6.45, 7) is 1.73. The molecule has 1 N–H and O–H groups in total. The van der Waals surface area contributed by atoms with Gasteiger partial charge in [0.15, 0.2) is 0 Å². The van der Waals surface area contributed by atoms with Gasteiger partial charge in [-0.05, 0) is 52.8 Å². The van der Waals surface area contributed by atoms with E-state index in [0.29, 0.717) is 3.57 Å². The molecule has 0 aliphatic rings. The van der Waals surface area contributed by atoms with Crippen molar-refractivity contribution in [3.63, 3.8) is 0 Å². The van der Waals surface area contributed by atoms with Crippen molar-refractivity contribution in [1.29, 1.82) is 0 Å². The zero-order chi connectivity index (χ0) is 17.2. The molecule has 0 amide bonds. The van der Waals surface area contributed by atoms with Gasteiger partial charge in [-0.1, -0.05) is 29.4 Å². The summed E-state index contributed by atoms with van der Waals surface area (Å²) in [5, 5.41) is 12.2. The zero-order valence-electron chi connectivity index (χ0n) is 12.0. The molecule has 2 aromatic carbocycles. The minimum absolute atomic E-state index is 0.0280. The molecule has 0 saturated carbocycles. The number of benzene rings is 2. The van der Waals surface area contributed by atoms with Gasteiger partial charge in [0, 0.05) is 12.0 Å². The smallest absolute Gasteiger partial charge is 0.411 e. The molecule has 0 fully saturated rings. The molecule has 0 saturated heterocycles. The molecule has 0 atom stereocenters. The predicted molar refractivity (Wildman–Crippen MR) is 87.3 cm³/mol. The van der Waals surface area contributed by atoms with Crippen molar-refractivity contribution in [2.75, 3.05) is 0 Å². The van der Waals surface area contributed by atoms with Crippen LogP contribution < -0.4 is 0 Å². The van der Waals surface area contributed by atoms with Crippen molar-refractivity contribution in [3.05, 3.63) is 68.0 Å². The number of hydrogen-bond acceptors (Lipinski definition) is 2. The van der Waals surface area contributed by atoms with E-state index in [1.807, 2.05) is 22.6 Å². The van der Waals surface area contributed by atoms with Crippen LogP contribution in [0.2, 0.25) is 0 Å². The highest BCUT2D eigenvalue weighted by Crippen LogP contribution is 2.30. The lowest BCUT2D eigenvalue weighted by molar-refractivity contribution is -0.137. The first kappa shape index (κ1) is 17.7. The third-order valence-corrected chi connectivity index (χ3v) is 4.66. The van der Waals surface area contributed by atoms with Gasteiger partial charge in [-0.2, -0.15) is 13.2 Å². The first-order chi connectivity index (χ1) is 10.7. The molecule has 2 aromatic rings. The van der Waals surface area contributed by atoms with Gasteiger partial charge in [-0.15, -0.1) is 0 Å². The minimum Gasteiger partial charge on any atom is -0.411 e. The van der Waals surface area contributed by atoms with Gasteiger partial charge in [-0.3, -0.25) is 0 Å². The summed E-state index contributed by atoms with van der Waals surface area (Å²) in [6, 6.07) is 7.77. The second kappa shape index (κ2) is 6.86. The maximum atomic E-state index is 14.3. The summed E-state index contributed by atoms with van der Waals surface area (Å²) in [7, 11) is 0. The molecule has 0 bridgehead atoms. The first-order valence-corrected chi connectivity index (χ1v) is 7.64. The summed E-state index contributed by atoms with van der Waals surface area (Å²) in [6.07, 6.45) is -4.58. The molecule has 0 aliphatic heterocycles. The Balaban J connectivity index is 2.37. The molecule has 0 unspecified atom stereocenters. The standard InChI is InChI=1S/C16H12F4INO/c1-9-5-6-12(14(17)15(9)21)13(22-23)8-10-3-2-4-11(7-10)16(18,19)20/h2-7,23H,8H2,1H3/b22-13+. The number of alkyl halides is 3. The van der Waals surface area contributed by atoms with Crippen LogP contribution in [0.4, 0.5) is 17.6 Å². The summed E-state index contributed by atoms with van der Waals surface area (Å²) >= 11 is 1.83. The van der Waals surface area contributed by atoms with Crippen molar-refractivity contribution in [2.45, 2.75) is 19.5 Å². The van der Waals surface area contributed by atoms with Gasteiger partial charge in [0.25, 0.3) is 0 Å². The monoisotopic (exact) mass is 437 g/mol. The Kier molecular flexibility index (Phi) is 5.28. The van der Waals surface area contributed by atoms with E-state index in [-0.39, 0.29) is 23.3 Å². The van der Waals surface area contributed by atoms with Crippen LogP contribution in [0, 0.1) is 16.3 Å². The number of aryl methyl sites for hydroxylation is 1. The number of oxime groups is 1. The van der Waals surface area contributed by atoms with Crippen LogP contribution in [0.3, 0.4) is 0 Å². The number of hydrogen-bond donors (Lipinski definition) is 1. The lowest BCUT2D eigenvalue weighted by Gasteiger charge is -2.11. The number of halogens is 5. The lowest BCUT2D eigenvalue weighted by Crippen LogP contribution is -2.11. The number of nitrogens with zero attached hydrogens (tertiary/aromatic N) is 1. The van der Waals surface area contributed by atoms with Crippen LogP contribution in [0.1, 0.15) is 22.3 Å². The lowest BCUT2D eigenvalue weighted by atomic mass is 9.99. The second-order valence-electron chi connectivity index (χ2n) is 4.98. The molecule has 2 rings (SSSR count). The molecule has 0 aromatic heterocycles. The Labute approximate surface area is 144 Å². The Bertz CT molecular complexity index is 756. The Morgan fingerprint density at radius 1 is 1.22 bits per heavy atom. The molecule has 23 heavy (non-hydrogen) atoms. The SMILES string of the molecule is Cc1ccc(/C(Cc2cccc(C(F)(F)F)c2)=N/O)c(F)c1I. The Hall–Kier alpha value is -1.64. The molecular formula is C16H12F4INO. The van der Waals surface area contributed by atoms with E-state index in [2.05, 4.69) is 5.16 Å². The van der Waals surface area contributed by atoms with Crippen LogP contribution in [0.15, 0.2) is 41.6 Å². The highest BCUT2D eigenvalue weighted by molar-refractivity contribution is 14.1. The van der Waals surface area contributed by atoms with E-state index >= 15 is 0 Å². The minimum atomic E-state index is -4.46. The highest BCUT2D eigenvalue weighted by Gasteiger charge is 2.30. The van der Waals surface area contributed by atoms with Gasteiger partial charge in [-0.25, -0.2) is 4.39 Å². The summed E-state index contributed by atoms with van der Waals surface area (Å²) in [4.78, 5) is 0. The molecule has 2 nitrogen and oxygen atoms in total. The van der Waals surface area contributed by atoms with Gasteiger partial charge in [0.2, 0.25) is 0 Å². The van der Waals surface area contributed by atoms with Crippen molar-refractivity contribution in [3.8, 4) is 0 Å². The third-order valence-electron chi connectivity index (χ3n) is 3.33. The van der Waals surface area contributed by atoms with E-state index in [4.69, 9.17) is 5.21 Å². The van der Waals surface area contributed by atoms with Crippen molar-refractivity contribution >= 4 is 28.3 Å². The van der Waals surface area contributed by atoms with E-state index in [1.54, 1.807) is 13.0 Å². The molecule has 0 aliphatic carbocycles. The fourth-order valence-electron chi connectivity index (χ4n) is 2.10. The average molecular weight is 437 g/mol. The maximum Gasteiger partial charge on any atom is 0.416 e. The van der Waals surface area contributed by atoms with Gasteiger partial charge >= 0.3 is 6.18 Å². The van der Waals surface area contributed by atoms with Crippen LogP contribution in [0.25, 0.3) is 0 Å². The van der Waals surface area contributed by atoms with Crippen molar-refractivity contribution in [2.24, 2.45) is 5.16 Å². The van der Waals surface area contributed by atoms with Gasteiger partial charge in [0.05, 0.1) is 14.8 Å². The summed E-state index contributed by atoms with van der Waals surface area (Å²) < 4.78 is 52.9.